The van der Waals surface area contributed by atoms with E-state index >= 15 is 0 Å². The van der Waals surface area contributed by atoms with Crippen LogP contribution in [0.1, 0.15) is 116 Å². The summed E-state index contributed by atoms with van der Waals surface area (Å²) in [5.74, 6) is 1.57. The number of amides is 1. The highest BCUT2D eigenvalue weighted by atomic mass is 16.5. The van der Waals surface area contributed by atoms with Gasteiger partial charge in [-0.15, -0.1) is 15.3 Å². The van der Waals surface area contributed by atoms with Crippen molar-refractivity contribution < 1.29 is 18.7 Å². The van der Waals surface area contributed by atoms with Crippen molar-refractivity contribution in [1.82, 2.24) is 30.5 Å². The number of benzene rings is 1. The first-order valence-electron chi connectivity index (χ1n) is 15.4. The van der Waals surface area contributed by atoms with Gasteiger partial charge < -0.3 is 19.2 Å². The second-order valence-electron chi connectivity index (χ2n) is 12.0. The number of carbonyl (C=O) groups excluding carboxylic acids is 1. The molecule has 0 bridgehead atoms. The number of nitrogens with one attached hydrogen (secondary N) is 1. The van der Waals surface area contributed by atoms with E-state index in [1.54, 1.807) is 7.05 Å². The highest BCUT2D eigenvalue weighted by Crippen LogP contribution is 2.31. The molecule has 1 aromatic carbocycles. The van der Waals surface area contributed by atoms with Gasteiger partial charge in [-0.05, 0) is 64.7 Å². The average Bonchev–Trinajstić information content (AvgIpc) is 3.66. The van der Waals surface area contributed by atoms with Crippen LogP contribution in [0, 0.1) is 0 Å². The summed E-state index contributed by atoms with van der Waals surface area (Å²) >= 11 is 0. The number of carbonyl (C=O) groups is 1. The van der Waals surface area contributed by atoms with Crippen molar-refractivity contribution in [2.24, 2.45) is 0 Å². The second-order valence-corrected chi connectivity index (χ2v) is 12.0. The van der Waals surface area contributed by atoms with Gasteiger partial charge in [-0.25, -0.2) is 4.68 Å². The number of hydrogen-bond donors (Lipinski definition) is 1. The number of ether oxygens (including phenoxy) is 2. The van der Waals surface area contributed by atoms with Crippen LogP contribution in [0.2, 0.25) is 0 Å². The fourth-order valence-corrected chi connectivity index (χ4v) is 4.73. The molecule has 10 nitrogen and oxygen atoms in total. The normalized spacial score (nSPS) is 12.9. The number of unbranched alkanes of at least 4 members (excludes halogenated alkanes) is 3. The van der Waals surface area contributed by atoms with Crippen LogP contribution in [0.25, 0.3) is 11.5 Å². The van der Waals surface area contributed by atoms with Crippen LogP contribution in [0.15, 0.2) is 34.9 Å². The maximum atomic E-state index is 11.3. The summed E-state index contributed by atoms with van der Waals surface area (Å²) in [6, 6.07) is 8.19. The summed E-state index contributed by atoms with van der Waals surface area (Å²) in [7, 11) is 1.61. The number of hydrogen-bond acceptors (Lipinski definition) is 8. The van der Waals surface area contributed by atoms with Gasteiger partial charge in [-0.2, -0.15) is 0 Å². The van der Waals surface area contributed by atoms with Gasteiger partial charge in [0, 0.05) is 24.9 Å². The molecule has 1 N–H and O–H groups in total. The Balaban J connectivity index is 1.51. The van der Waals surface area contributed by atoms with Crippen LogP contribution >= 0.6 is 0 Å². The SMILES string of the molecule is CCCCCCC(CC)c1nnc(-c2ccc(C(C)(C)OCCC(C)(C)n3cc(COCCC(=O)NC)nn3)cc2)o1. The van der Waals surface area contributed by atoms with Crippen molar-refractivity contribution in [3.63, 3.8) is 0 Å². The molecule has 0 radical (unpaired) electrons. The zero-order chi connectivity index (χ0) is 30.6. The third-order valence-electron chi connectivity index (χ3n) is 7.86. The zero-order valence-corrected chi connectivity index (χ0v) is 26.6. The molecule has 0 aliphatic heterocycles. The molecular weight excluding hydrogens is 532 g/mol. The van der Waals surface area contributed by atoms with Crippen LogP contribution in [0.4, 0.5) is 0 Å². The minimum atomic E-state index is -0.480. The molecule has 2 aromatic heterocycles. The van der Waals surface area contributed by atoms with Crippen molar-refractivity contribution in [1.29, 1.82) is 0 Å². The Kier molecular flexibility index (Phi) is 12.7. The summed E-state index contributed by atoms with van der Waals surface area (Å²) in [6.45, 7) is 14.0. The molecule has 1 atom stereocenters. The monoisotopic (exact) mass is 582 g/mol. The fraction of sp³-hybridized carbons (Fsp3) is 0.656. The highest BCUT2D eigenvalue weighted by molar-refractivity contribution is 5.75. The predicted molar refractivity (Wildman–Crippen MR) is 163 cm³/mol. The Morgan fingerprint density at radius 1 is 1.02 bits per heavy atom. The van der Waals surface area contributed by atoms with E-state index in [9.17, 15) is 4.79 Å². The van der Waals surface area contributed by atoms with Gasteiger partial charge in [0.15, 0.2) is 0 Å². The van der Waals surface area contributed by atoms with Crippen molar-refractivity contribution in [3.8, 4) is 11.5 Å². The molecule has 232 valence electrons. The van der Waals surface area contributed by atoms with E-state index < -0.39 is 5.60 Å². The predicted octanol–water partition coefficient (Wildman–Crippen LogP) is 6.52. The fourth-order valence-electron chi connectivity index (χ4n) is 4.73. The third-order valence-corrected chi connectivity index (χ3v) is 7.86. The zero-order valence-electron chi connectivity index (χ0n) is 26.6. The van der Waals surface area contributed by atoms with Gasteiger partial charge >= 0.3 is 0 Å². The molecule has 3 aromatic rings. The molecule has 0 aliphatic carbocycles. The summed E-state index contributed by atoms with van der Waals surface area (Å²) in [5, 5.41) is 19.8. The van der Waals surface area contributed by atoms with Crippen LogP contribution < -0.4 is 5.32 Å². The van der Waals surface area contributed by atoms with Crippen molar-refractivity contribution in [2.75, 3.05) is 20.3 Å². The highest BCUT2D eigenvalue weighted by Gasteiger charge is 2.26. The minimum absolute atomic E-state index is 0.0482. The number of aromatic nitrogens is 5. The largest absolute Gasteiger partial charge is 0.420 e. The number of rotatable bonds is 19. The topological polar surface area (TPSA) is 117 Å². The maximum absolute atomic E-state index is 11.3. The molecule has 1 unspecified atom stereocenters. The first-order chi connectivity index (χ1) is 20.1. The van der Waals surface area contributed by atoms with E-state index in [4.69, 9.17) is 13.9 Å². The molecule has 0 spiro atoms. The summed E-state index contributed by atoms with van der Waals surface area (Å²) in [5.41, 5.74) is 1.94. The average molecular weight is 583 g/mol. The molecule has 1 amide bonds. The van der Waals surface area contributed by atoms with E-state index in [1.165, 1.54) is 25.7 Å². The van der Waals surface area contributed by atoms with E-state index in [0.717, 1.165) is 42.0 Å². The van der Waals surface area contributed by atoms with Gasteiger partial charge in [0.2, 0.25) is 17.7 Å². The lowest BCUT2D eigenvalue weighted by Crippen LogP contribution is -2.31. The minimum Gasteiger partial charge on any atom is -0.420 e. The van der Waals surface area contributed by atoms with Crippen molar-refractivity contribution in [3.05, 3.63) is 47.6 Å². The Morgan fingerprint density at radius 2 is 1.79 bits per heavy atom. The molecule has 3 rings (SSSR count). The van der Waals surface area contributed by atoms with E-state index in [2.05, 4.69) is 79.5 Å². The lowest BCUT2D eigenvalue weighted by atomic mass is 9.96. The molecule has 10 heteroatoms. The summed E-state index contributed by atoms with van der Waals surface area (Å²) in [4.78, 5) is 11.3. The molecule has 0 saturated carbocycles. The van der Waals surface area contributed by atoms with E-state index in [1.807, 2.05) is 23.0 Å². The van der Waals surface area contributed by atoms with Crippen LogP contribution in [0.5, 0.6) is 0 Å². The standard InChI is InChI=1S/C32H50N6O4/c1-8-10-11-12-13-24(9-2)29-35-36-30(42-29)25-14-16-26(17-15-25)32(5,6)41-21-19-31(3,4)38-22-27(34-37-38)23-40-20-18-28(39)33-7/h14-17,22,24H,8-13,18-21,23H2,1-7H3,(H,33,39). The number of nitrogens with zero attached hydrogens (tertiary/aromatic N) is 5. The maximum Gasteiger partial charge on any atom is 0.247 e. The molecule has 0 saturated heterocycles. The van der Waals surface area contributed by atoms with Crippen LogP contribution in [-0.4, -0.2) is 51.4 Å². The quantitative estimate of drug-likeness (QED) is 0.159. The first kappa shape index (κ1) is 33.4. The van der Waals surface area contributed by atoms with Crippen LogP contribution in [-0.2, 0) is 32.0 Å². The Morgan fingerprint density at radius 3 is 2.48 bits per heavy atom. The van der Waals surface area contributed by atoms with Crippen LogP contribution in [0.3, 0.4) is 0 Å². The Labute approximate surface area is 251 Å². The smallest absolute Gasteiger partial charge is 0.247 e. The van der Waals surface area contributed by atoms with E-state index in [0.29, 0.717) is 38.1 Å². The van der Waals surface area contributed by atoms with Crippen molar-refractivity contribution >= 4 is 5.91 Å². The molecule has 0 fully saturated rings. The molecule has 2 heterocycles. The van der Waals surface area contributed by atoms with E-state index in [-0.39, 0.29) is 11.4 Å². The van der Waals surface area contributed by atoms with Gasteiger partial charge in [0.25, 0.3) is 0 Å². The molecular formula is C32H50N6O4. The van der Waals surface area contributed by atoms with Gasteiger partial charge in [0.1, 0.15) is 5.69 Å². The Hall–Kier alpha value is -3.11. The molecule has 0 aliphatic rings. The molecule has 42 heavy (non-hydrogen) atoms. The second kappa shape index (κ2) is 15.9. The van der Waals surface area contributed by atoms with Gasteiger partial charge in [-0.1, -0.05) is 56.9 Å². The summed E-state index contributed by atoms with van der Waals surface area (Å²) in [6.07, 6.45) is 10.0. The first-order valence-corrected chi connectivity index (χ1v) is 15.4. The third kappa shape index (κ3) is 9.73. The lowest BCUT2D eigenvalue weighted by molar-refractivity contribution is -0.121. The van der Waals surface area contributed by atoms with Gasteiger partial charge in [-0.3, -0.25) is 4.79 Å². The lowest BCUT2D eigenvalue weighted by Gasteiger charge is -2.30. The Bertz CT molecular complexity index is 1220. The summed E-state index contributed by atoms with van der Waals surface area (Å²) < 4.78 is 19.9. The van der Waals surface area contributed by atoms with Crippen molar-refractivity contribution in [2.45, 2.75) is 117 Å². The van der Waals surface area contributed by atoms with Gasteiger partial charge in [0.05, 0.1) is 37.2 Å².